The van der Waals surface area contributed by atoms with Crippen LogP contribution < -0.4 is 5.32 Å². The van der Waals surface area contributed by atoms with Gasteiger partial charge in [-0.1, -0.05) is 17.7 Å². The molecule has 1 aromatic rings. The maximum atomic E-state index is 12.5. The summed E-state index contributed by atoms with van der Waals surface area (Å²) in [6.45, 7) is 3.86. The molecule has 0 atom stereocenters. The van der Waals surface area contributed by atoms with Gasteiger partial charge in [0.2, 0.25) is 0 Å². The van der Waals surface area contributed by atoms with E-state index < -0.39 is 0 Å². The van der Waals surface area contributed by atoms with Gasteiger partial charge in [0.05, 0.1) is 0 Å². The van der Waals surface area contributed by atoms with Gasteiger partial charge in [-0.2, -0.15) is 0 Å². The zero-order valence-electron chi connectivity index (χ0n) is 10.9. The SMILES string of the molecule is Cc1c(Cl)cccc1C(=O)N(C)C1CCNCC1. The van der Waals surface area contributed by atoms with Gasteiger partial charge in [0.25, 0.3) is 5.91 Å². The van der Waals surface area contributed by atoms with E-state index in [9.17, 15) is 4.79 Å². The molecule has 3 nitrogen and oxygen atoms in total. The molecule has 1 aromatic carbocycles. The summed E-state index contributed by atoms with van der Waals surface area (Å²) >= 11 is 6.07. The summed E-state index contributed by atoms with van der Waals surface area (Å²) in [7, 11) is 1.89. The highest BCUT2D eigenvalue weighted by Gasteiger charge is 2.23. The predicted molar refractivity (Wildman–Crippen MR) is 74.2 cm³/mol. The summed E-state index contributed by atoms with van der Waals surface area (Å²) in [5, 5.41) is 3.96. The van der Waals surface area contributed by atoms with Crippen LogP contribution in [0.1, 0.15) is 28.8 Å². The van der Waals surface area contributed by atoms with Crippen LogP contribution in [-0.2, 0) is 0 Å². The zero-order valence-corrected chi connectivity index (χ0v) is 11.6. The van der Waals surface area contributed by atoms with Gasteiger partial charge in [-0.15, -0.1) is 0 Å². The fourth-order valence-electron chi connectivity index (χ4n) is 2.39. The fourth-order valence-corrected chi connectivity index (χ4v) is 2.56. The summed E-state index contributed by atoms with van der Waals surface area (Å²) in [6.07, 6.45) is 2.03. The molecule has 0 bridgehead atoms. The van der Waals surface area contributed by atoms with Gasteiger partial charge in [0, 0.05) is 23.7 Å². The lowest BCUT2D eigenvalue weighted by Gasteiger charge is -2.32. The number of carbonyl (C=O) groups excluding carboxylic acids is 1. The van der Waals surface area contributed by atoms with Crippen molar-refractivity contribution in [3.05, 3.63) is 34.3 Å². The Balaban J connectivity index is 2.17. The van der Waals surface area contributed by atoms with Crippen molar-refractivity contribution >= 4 is 17.5 Å². The molecule has 1 saturated heterocycles. The number of nitrogens with one attached hydrogen (secondary N) is 1. The Labute approximate surface area is 113 Å². The van der Waals surface area contributed by atoms with Crippen molar-refractivity contribution in [3.63, 3.8) is 0 Å². The molecule has 0 unspecified atom stereocenters. The maximum Gasteiger partial charge on any atom is 0.254 e. The summed E-state index contributed by atoms with van der Waals surface area (Å²) in [4.78, 5) is 14.3. The Bertz CT molecular complexity index is 441. The number of hydrogen-bond donors (Lipinski definition) is 1. The monoisotopic (exact) mass is 266 g/mol. The molecule has 1 fully saturated rings. The summed E-state index contributed by atoms with van der Waals surface area (Å²) in [5.74, 6) is 0.0712. The Morgan fingerprint density at radius 2 is 2.06 bits per heavy atom. The maximum absolute atomic E-state index is 12.5. The first-order valence-corrected chi connectivity index (χ1v) is 6.72. The van der Waals surface area contributed by atoms with Gasteiger partial charge < -0.3 is 10.2 Å². The number of benzene rings is 1. The average molecular weight is 267 g/mol. The van der Waals surface area contributed by atoms with Gasteiger partial charge in [-0.05, 0) is 50.6 Å². The number of carbonyl (C=O) groups is 1. The van der Waals surface area contributed by atoms with Gasteiger partial charge in [-0.3, -0.25) is 4.79 Å². The van der Waals surface area contributed by atoms with Crippen LogP contribution in [0.25, 0.3) is 0 Å². The molecule has 1 amide bonds. The second-order valence-corrected chi connectivity index (χ2v) is 5.22. The van der Waals surface area contributed by atoms with E-state index in [1.54, 1.807) is 0 Å². The van der Waals surface area contributed by atoms with Gasteiger partial charge >= 0.3 is 0 Å². The summed E-state index contributed by atoms with van der Waals surface area (Å²) in [5.41, 5.74) is 1.58. The van der Waals surface area contributed by atoms with Crippen LogP contribution in [0.15, 0.2) is 18.2 Å². The molecule has 18 heavy (non-hydrogen) atoms. The van der Waals surface area contributed by atoms with Crippen molar-refractivity contribution in [2.24, 2.45) is 0 Å². The Morgan fingerprint density at radius 1 is 1.39 bits per heavy atom. The molecule has 1 N–H and O–H groups in total. The van der Waals surface area contributed by atoms with Crippen LogP contribution in [0.2, 0.25) is 5.02 Å². The van der Waals surface area contributed by atoms with Crippen LogP contribution >= 0.6 is 11.6 Å². The third kappa shape index (κ3) is 2.68. The summed E-state index contributed by atoms with van der Waals surface area (Å²) in [6, 6.07) is 5.83. The largest absolute Gasteiger partial charge is 0.339 e. The standard InChI is InChI=1S/C14H19ClN2O/c1-10-12(4-3-5-13(10)15)14(18)17(2)11-6-8-16-9-7-11/h3-5,11,16H,6-9H2,1-2H3. The zero-order chi connectivity index (χ0) is 13.1. The van der Waals surface area contributed by atoms with E-state index in [1.807, 2.05) is 37.1 Å². The minimum Gasteiger partial charge on any atom is -0.339 e. The highest BCUT2D eigenvalue weighted by Crippen LogP contribution is 2.21. The number of hydrogen-bond acceptors (Lipinski definition) is 2. The van der Waals surface area contributed by atoms with Crippen molar-refractivity contribution < 1.29 is 4.79 Å². The second kappa shape index (κ2) is 5.72. The first kappa shape index (κ1) is 13.4. The first-order chi connectivity index (χ1) is 8.61. The van der Waals surface area contributed by atoms with Crippen molar-refractivity contribution in [3.8, 4) is 0 Å². The molecular formula is C14H19ClN2O. The lowest BCUT2D eigenvalue weighted by Crippen LogP contribution is -2.44. The van der Waals surface area contributed by atoms with Crippen LogP contribution in [0.5, 0.6) is 0 Å². The Hall–Kier alpha value is -1.06. The van der Waals surface area contributed by atoms with E-state index in [4.69, 9.17) is 11.6 Å². The molecule has 0 aromatic heterocycles. The topological polar surface area (TPSA) is 32.3 Å². The van der Waals surface area contributed by atoms with Crippen LogP contribution in [0, 0.1) is 6.92 Å². The number of piperidine rings is 1. The lowest BCUT2D eigenvalue weighted by atomic mass is 10.0. The third-order valence-electron chi connectivity index (χ3n) is 3.67. The van der Waals surface area contributed by atoms with Crippen molar-refractivity contribution in [2.45, 2.75) is 25.8 Å². The average Bonchev–Trinajstić information content (AvgIpc) is 2.41. The number of rotatable bonds is 2. The van der Waals surface area contributed by atoms with Crippen LogP contribution in [0.4, 0.5) is 0 Å². The first-order valence-electron chi connectivity index (χ1n) is 6.34. The molecule has 0 saturated carbocycles. The number of halogens is 1. The molecule has 1 aliphatic heterocycles. The predicted octanol–water partition coefficient (Wildman–Crippen LogP) is 2.47. The van der Waals surface area contributed by atoms with Crippen molar-refractivity contribution in [2.75, 3.05) is 20.1 Å². The second-order valence-electron chi connectivity index (χ2n) is 4.81. The van der Waals surface area contributed by atoms with Crippen LogP contribution in [-0.4, -0.2) is 37.0 Å². The molecule has 0 spiro atoms. The molecule has 0 aliphatic carbocycles. The highest BCUT2D eigenvalue weighted by molar-refractivity contribution is 6.31. The lowest BCUT2D eigenvalue weighted by molar-refractivity contribution is 0.0702. The third-order valence-corrected chi connectivity index (χ3v) is 4.08. The van der Waals surface area contributed by atoms with E-state index >= 15 is 0 Å². The van der Waals surface area contributed by atoms with E-state index in [0.29, 0.717) is 16.6 Å². The normalized spacial score (nSPS) is 16.6. The number of amides is 1. The molecule has 2 rings (SSSR count). The molecule has 98 valence electrons. The quantitative estimate of drug-likeness (QED) is 0.892. The fraction of sp³-hybridized carbons (Fsp3) is 0.500. The highest BCUT2D eigenvalue weighted by atomic mass is 35.5. The van der Waals surface area contributed by atoms with Gasteiger partial charge in [-0.25, -0.2) is 0 Å². The van der Waals surface area contributed by atoms with Gasteiger partial charge in [0.15, 0.2) is 0 Å². The number of nitrogens with zero attached hydrogens (tertiary/aromatic N) is 1. The minimum atomic E-state index is 0.0712. The minimum absolute atomic E-state index is 0.0712. The van der Waals surface area contributed by atoms with E-state index in [0.717, 1.165) is 31.5 Å². The molecule has 0 radical (unpaired) electrons. The van der Waals surface area contributed by atoms with Gasteiger partial charge in [0.1, 0.15) is 0 Å². The van der Waals surface area contributed by atoms with E-state index in [1.165, 1.54) is 0 Å². The Kier molecular flexibility index (Phi) is 4.25. The molecular weight excluding hydrogens is 248 g/mol. The summed E-state index contributed by atoms with van der Waals surface area (Å²) < 4.78 is 0. The smallest absolute Gasteiger partial charge is 0.254 e. The molecule has 4 heteroatoms. The van der Waals surface area contributed by atoms with Crippen molar-refractivity contribution in [1.29, 1.82) is 0 Å². The van der Waals surface area contributed by atoms with E-state index in [2.05, 4.69) is 5.32 Å². The van der Waals surface area contributed by atoms with E-state index in [-0.39, 0.29) is 5.91 Å². The van der Waals surface area contributed by atoms with Crippen molar-refractivity contribution in [1.82, 2.24) is 10.2 Å². The Morgan fingerprint density at radius 3 is 2.72 bits per heavy atom. The van der Waals surface area contributed by atoms with Crippen LogP contribution in [0.3, 0.4) is 0 Å². The molecule has 1 aliphatic rings. The molecule has 1 heterocycles.